The van der Waals surface area contributed by atoms with Crippen molar-refractivity contribution >= 4 is 23.4 Å². The summed E-state index contributed by atoms with van der Waals surface area (Å²) in [5, 5.41) is 12.2. The SMILES string of the molecule is Cc1cccc(NC(=O)CSc2nnc(C(C)Oc3ccc(F)cc3)n2C(C)C)c1C. The molecule has 0 fully saturated rings. The largest absolute Gasteiger partial charge is 0.483 e. The maximum atomic E-state index is 13.1. The van der Waals surface area contributed by atoms with Crippen LogP contribution in [0.2, 0.25) is 0 Å². The van der Waals surface area contributed by atoms with Gasteiger partial charge in [-0.1, -0.05) is 23.9 Å². The summed E-state index contributed by atoms with van der Waals surface area (Å²) in [4.78, 5) is 12.5. The van der Waals surface area contributed by atoms with Gasteiger partial charge in [0, 0.05) is 11.7 Å². The zero-order chi connectivity index (χ0) is 22.5. The van der Waals surface area contributed by atoms with E-state index in [1.165, 1.54) is 23.9 Å². The molecular formula is C23H27FN4O2S. The Balaban J connectivity index is 1.69. The van der Waals surface area contributed by atoms with E-state index >= 15 is 0 Å². The molecule has 6 nitrogen and oxygen atoms in total. The highest BCUT2D eigenvalue weighted by atomic mass is 32.2. The van der Waals surface area contributed by atoms with Gasteiger partial charge in [0.05, 0.1) is 5.75 Å². The molecule has 0 aliphatic rings. The van der Waals surface area contributed by atoms with Crippen molar-refractivity contribution in [3.05, 3.63) is 65.2 Å². The van der Waals surface area contributed by atoms with Crippen LogP contribution in [-0.4, -0.2) is 26.4 Å². The lowest BCUT2D eigenvalue weighted by atomic mass is 10.1. The number of thioether (sulfide) groups is 1. The third kappa shape index (κ3) is 5.64. The Morgan fingerprint density at radius 1 is 1.13 bits per heavy atom. The van der Waals surface area contributed by atoms with Crippen LogP contribution >= 0.6 is 11.8 Å². The van der Waals surface area contributed by atoms with Crippen molar-refractivity contribution < 1.29 is 13.9 Å². The number of hydrogen-bond donors (Lipinski definition) is 1. The van der Waals surface area contributed by atoms with Crippen LogP contribution in [0.4, 0.5) is 10.1 Å². The van der Waals surface area contributed by atoms with Gasteiger partial charge >= 0.3 is 0 Å². The van der Waals surface area contributed by atoms with Gasteiger partial charge in [-0.25, -0.2) is 4.39 Å². The average molecular weight is 443 g/mol. The standard InChI is InChI=1S/C23H27FN4O2S/c1-14(2)28-22(17(5)30-19-11-9-18(24)10-12-19)26-27-23(28)31-13-21(29)25-20-8-6-7-15(3)16(20)4/h6-12,14,17H,13H2,1-5H3,(H,25,29). The van der Waals surface area contributed by atoms with Gasteiger partial charge in [0.25, 0.3) is 0 Å². The van der Waals surface area contributed by atoms with Crippen molar-refractivity contribution in [1.29, 1.82) is 0 Å². The zero-order valence-electron chi connectivity index (χ0n) is 18.3. The number of nitrogens with zero attached hydrogens (tertiary/aromatic N) is 3. The van der Waals surface area contributed by atoms with E-state index in [4.69, 9.17) is 4.74 Å². The van der Waals surface area contributed by atoms with Gasteiger partial charge in [-0.15, -0.1) is 10.2 Å². The third-order valence-electron chi connectivity index (χ3n) is 4.91. The van der Waals surface area contributed by atoms with Gasteiger partial charge in [0.1, 0.15) is 11.6 Å². The van der Waals surface area contributed by atoms with Gasteiger partial charge in [0.15, 0.2) is 17.1 Å². The predicted molar refractivity (Wildman–Crippen MR) is 121 cm³/mol. The van der Waals surface area contributed by atoms with Crippen LogP contribution in [0.1, 0.15) is 49.9 Å². The second kappa shape index (κ2) is 9.96. The van der Waals surface area contributed by atoms with Crippen LogP contribution in [0.25, 0.3) is 0 Å². The van der Waals surface area contributed by atoms with E-state index in [9.17, 15) is 9.18 Å². The molecule has 0 aliphatic heterocycles. The van der Waals surface area contributed by atoms with Crippen molar-refractivity contribution in [3.63, 3.8) is 0 Å². The van der Waals surface area contributed by atoms with Gasteiger partial charge < -0.3 is 14.6 Å². The van der Waals surface area contributed by atoms with E-state index < -0.39 is 6.10 Å². The number of carbonyl (C=O) groups excluding carboxylic acids is 1. The minimum Gasteiger partial charge on any atom is -0.483 e. The Morgan fingerprint density at radius 2 is 1.84 bits per heavy atom. The lowest BCUT2D eigenvalue weighted by Gasteiger charge is -2.19. The maximum Gasteiger partial charge on any atom is 0.234 e. The van der Waals surface area contributed by atoms with Crippen molar-refractivity contribution in [3.8, 4) is 5.75 Å². The number of halogens is 1. The van der Waals surface area contributed by atoms with Crippen molar-refractivity contribution in [2.24, 2.45) is 0 Å². The molecule has 164 valence electrons. The van der Waals surface area contributed by atoms with Crippen LogP contribution in [0.3, 0.4) is 0 Å². The number of aryl methyl sites for hydroxylation is 1. The minimum atomic E-state index is -0.390. The number of hydrogen-bond acceptors (Lipinski definition) is 5. The first-order chi connectivity index (χ1) is 14.8. The number of rotatable bonds is 8. The summed E-state index contributed by atoms with van der Waals surface area (Å²) in [5.74, 6) is 0.995. The van der Waals surface area contributed by atoms with Crippen molar-refractivity contribution in [1.82, 2.24) is 14.8 Å². The predicted octanol–water partition coefficient (Wildman–Crippen LogP) is 5.49. The molecular weight excluding hydrogens is 415 g/mol. The highest BCUT2D eigenvalue weighted by Gasteiger charge is 2.22. The summed E-state index contributed by atoms with van der Waals surface area (Å²) < 4.78 is 21.0. The Bertz CT molecular complexity index is 1050. The molecule has 2 aromatic carbocycles. The van der Waals surface area contributed by atoms with Crippen molar-refractivity contribution in [2.45, 2.75) is 51.9 Å². The highest BCUT2D eigenvalue weighted by Crippen LogP contribution is 2.28. The second-order valence-electron chi connectivity index (χ2n) is 7.60. The molecule has 8 heteroatoms. The van der Waals surface area contributed by atoms with E-state index in [0.29, 0.717) is 16.7 Å². The van der Waals surface area contributed by atoms with Gasteiger partial charge in [-0.2, -0.15) is 0 Å². The number of amides is 1. The number of anilines is 1. The Morgan fingerprint density at radius 3 is 2.52 bits per heavy atom. The topological polar surface area (TPSA) is 69.0 Å². The van der Waals surface area contributed by atoms with Gasteiger partial charge in [-0.05, 0) is 76.1 Å². The van der Waals surface area contributed by atoms with E-state index in [1.54, 1.807) is 12.1 Å². The molecule has 1 unspecified atom stereocenters. The Hall–Kier alpha value is -2.87. The summed E-state index contributed by atoms with van der Waals surface area (Å²) in [6.07, 6.45) is -0.390. The van der Waals surface area contributed by atoms with Crippen molar-refractivity contribution in [2.75, 3.05) is 11.1 Å². The quantitative estimate of drug-likeness (QED) is 0.468. The van der Waals surface area contributed by atoms with E-state index in [0.717, 1.165) is 16.8 Å². The average Bonchev–Trinajstić information content (AvgIpc) is 3.16. The second-order valence-corrected chi connectivity index (χ2v) is 8.55. The molecule has 0 aliphatic carbocycles. The normalized spacial score (nSPS) is 12.1. The molecule has 3 aromatic rings. The molecule has 1 aromatic heterocycles. The van der Waals surface area contributed by atoms with Crippen LogP contribution < -0.4 is 10.1 Å². The molecule has 0 radical (unpaired) electrons. The molecule has 0 saturated heterocycles. The van der Waals surface area contributed by atoms with E-state index in [1.807, 2.05) is 57.4 Å². The molecule has 1 N–H and O–H groups in total. The Labute approximate surface area is 186 Å². The first-order valence-corrected chi connectivity index (χ1v) is 11.1. The summed E-state index contributed by atoms with van der Waals surface area (Å²) in [5.41, 5.74) is 3.00. The molecule has 3 rings (SSSR count). The lowest BCUT2D eigenvalue weighted by Crippen LogP contribution is -2.17. The summed E-state index contributed by atoms with van der Waals surface area (Å²) in [6.45, 7) is 9.92. The fourth-order valence-corrected chi connectivity index (χ4v) is 4.00. The summed E-state index contributed by atoms with van der Waals surface area (Å²) in [7, 11) is 0. The first-order valence-electron chi connectivity index (χ1n) is 10.1. The fraction of sp³-hybridized carbons (Fsp3) is 0.348. The molecule has 0 spiro atoms. The zero-order valence-corrected chi connectivity index (χ0v) is 19.2. The molecule has 31 heavy (non-hydrogen) atoms. The highest BCUT2D eigenvalue weighted by molar-refractivity contribution is 7.99. The van der Waals surface area contributed by atoms with Gasteiger partial charge in [-0.3, -0.25) is 4.79 Å². The third-order valence-corrected chi connectivity index (χ3v) is 5.85. The number of nitrogens with one attached hydrogen (secondary N) is 1. The fourth-order valence-electron chi connectivity index (χ4n) is 3.12. The van der Waals surface area contributed by atoms with E-state index in [-0.39, 0.29) is 23.5 Å². The van der Waals surface area contributed by atoms with Gasteiger partial charge in [0.2, 0.25) is 5.91 Å². The lowest BCUT2D eigenvalue weighted by molar-refractivity contribution is -0.113. The molecule has 0 bridgehead atoms. The minimum absolute atomic E-state index is 0.0776. The number of ether oxygens (including phenoxy) is 1. The van der Waals surface area contributed by atoms with Crippen LogP contribution in [0.15, 0.2) is 47.6 Å². The molecule has 1 heterocycles. The number of aromatic nitrogens is 3. The van der Waals surface area contributed by atoms with Crippen LogP contribution in [0.5, 0.6) is 5.75 Å². The smallest absolute Gasteiger partial charge is 0.234 e. The molecule has 1 atom stereocenters. The molecule has 1 amide bonds. The summed E-state index contributed by atoms with van der Waals surface area (Å²) >= 11 is 1.33. The summed E-state index contributed by atoms with van der Waals surface area (Å²) in [6, 6.07) is 11.8. The number of carbonyl (C=O) groups is 1. The van der Waals surface area contributed by atoms with Crippen LogP contribution in [-0.2, 0) is 4.79 Å². The Kier molecular flexibility index (Phi) is 7.33. The first kappa shape index (κ1) is 22.8. The van der Waals surface area contributed by atoms with Crippen LogP contribution in [0, 0.1) is 19.7 Å². The number of benzene rings is 2. The maximum absolute atomic E-state index is 13.1. The monoisotopic (exact) mass is 442 g/mol. The van der Waals surface area contributed by atoms with E-state index in [2.05, 4.69) is 15.5 Å². The molecule has 0 saturated carbocycles.